The molecule has 0 aliphatic carbocycles. The summed E-state index contributed by atoms with van der Waals surface area (Å²) in [4.78, 5) is 13.0. The fourth-order valence-electron chi connectivity index (χ4n) is 2.74. The standard InChI is InChI=1S/C15H35NO8Si2/c1-19-25(20-2,21-3)13-7-10-16(12-9-15(17)18)11-8-14-26(22-4,23-5)24-6/h7-14H2,1-6H3,(H,17,18). The van der Waals surface area contributed by atoms with Crippen molar-refractivity contribution in [2.45, 2.75) is 31.4 Å². The van der Waals surface area contributed by atoms with E-state index in [4.69, 9.17) is 31.7 Å². The highest BCUT2D eigenvalue weighted by Gasteiger charge is 2.38. The van der Waals surface area contributed by atoms with Crippen LogP contribution in [0, 0.1) is 0 Å². The van der Waals surface area contributed by atoms with Crippen LogP contribution in [-0.4, -0.2) is 95.9 Å². The van der Waals surface area contributed by atoms with E-state index in [1.807, 2.05) is 0 Å². The van der Waals surface area contributed by atoms with E-state index in [2.05, 4.69) is 4.90 Å². The third-order valence-corrected chi connectivity index (χ3v) is 10.1. The number of carboxylic acids is 1. The molecule has 0 aromatic heterocycles. The second kappa shape index (κ2) is 13.7. The van der Waals surface area contributed by atoms with Gasteiger partial charge < -0.3 is 36.6 Å². The Balaban J connectivity index is 4.59. The number of rotatable bonds is 17. The molecule has 9 nitrogen and oxygen atoms in total. The molecular formula is C15H35NO8Si2. The van der Waals surface area contributed by atoms with Crippen LogP contribution in [0.5, 0.6) is 0 Å². The predicted molar refractivity (Wildman–Crippen MR) is 101 cm³/mol. The lowest BCUT2D eigenvalue weighted by Crippen LogP contribution is -2.44. The molecule has 0 spiro atoms. The molecule has 0 radical (unpaired) electrons. The summed E-state index contributed by atoms with van der Waals surface area (Å²) in [7, 11) is 4.33. The van der Waals surface area contributed by atoms with Gasteiger partial charge in [0.15, 0.2) is 0 Å². The molecule has 0 aliphatic rings. The quantitative estimate of drug-likeness (QED) is 0.354. The predicted octanol–water partition coefficient (Wildman–Crippen LogP) is 1.30. The Kier molecular flexibility index (Phi) is 13.5. The number of aliphatic carboxylic acids is 1. The highest BCUT2D eigenvalue weighted by atomic mass is 28.4. The smallest absolute Gasteiger partial charge is 0.481 e. The summed E-state index contributed by atoms with van der Waals surface area (Å²) < 4.78 is 32.5. The molecule has 0 aliphatic heterocycles. The number of carboxylic acid groups (broad SMARTS) is 1. The van der Waals surface area contributed by atoms with Crippen LogP contribution >= 0.6 is 0 Å². The Morgan fingerprint density at radius 1 is 0.731 bits per heavy atom. The molecule has 156 valence electrons. The van der Waals surface area contributed by atoms with Gasteiger partial charge in [-0.25, -0.2) is 0 Å². The number of carbonyl (C=O) groups is 1. The molecule has 0 fully saturated rings. The molecule has 0 aromatic rings. The van der Waals surface area contributed by atoms with Gasteiger partial charge in [0.25, 0.3) is 0 Å². The summed E-state index contributed by atoms with van der Waals surface area (Å²) in [6.45, 7) is 1.96. The minimum absolute atomic E-state index is 0.100. The van der Waals surface area contributed by atoms with E-state index in [0.29, 0.717) is 18.6 Å². The number of hydrogen-bond donors (Lipinski definition) is 1. The number of nitrogens with zero attached hydrogens (tertiary/aromatic N) is 1. The van der Waals surface area contributed by atoms with Crippen LogP contribution in [0.4, 0.5) is 0 Å². The van der Waals surface area contributed by atoms with Crippen molar-refractivity contribution in [3.8, 4) is 0 Å². The van der Waals surface area contributed by atoms with Crippen molar-refractivity contribution >= 4 is 23.6 Å². The highest BCUT2D eigenvalue weighted by Crippen LogP contribution is 2.18. The Hall–Kier alpha value is -0.376. The first-order valence-corrected chi connectivity index (χ1v) is 12.5. The third-order valence-electron chi connectivity index (χ3n) is 4.42. The maximum Gasteiger partial charge on any atom is 0.500 e. The molecule has 0 unspecified atom stereocenters. The van der Waals surface area contributed by atoms with Crippen LogP contribution < -0.4 is 0 Å². The SMILES string of the molecule is CO[Si](CCCN(CCC[Si](OC)(OC)OC)CCC(=O)O)(OC)OC. The molecule has 0 rings (SSSR count). The van der Waals surface area contributed by atoms with Gasteiger partial charge in [-0.3, -0.25) is 4.79 Å². The van der Waals surface area contributed by atoms with Gasteiger partial charge in [-0.05, 0) is 25.9 Å². The van der Waals surface area contributed by atoms with Crippen molar-refractivity contribution in [2.75, 3.05) is 62.3 Å². The topological polar surface area (TPSA) is 95.9 Å². The van der Waals surface area contributed by atoms with Gasteiger partial charge in [-0.15, -0.1) is 0 Å². The molecule has 0 saturated carbocycles. The van der Waals surface area contributed by atoms with E-state index in [-0.39, 0.29) is 6.42 Å². The van der Waals surface area contributed by atoms with Crippen LogP contribution in [0.2, 0.25) is 12.1 Å². The van der Waals surface area contributed by atoms with Crippen molar-refractivity contribution in [1.29, 1.82) is 0 Å². The maximum atomic E-state index is 10.9. The van der Waals surface area contributed by atoms with Crippen molar-refractivity contribution < 1.29 is 36.5 Å². The zero-order chi connectivity index (χ0) is 20.1. The molecule has 0 bridgehead atoms. The fourth-order valence-corrected chi connectivity index (χ4v) is 6.15. The van der Waals surface area contributed by atoms with E-state index in [1.165, 1.54) is 0 Å². The first-order valence-electron chi connectivity index (χ1n) is 8.61. The van der Waals surface area contributed by atoms with Gasteiger partial charge in [0, 0.05) is 61.3 Å². The zero-order valence-corrected chi connectivity index (χ0v) is 18.9. The monoisotopic (exact) mass is 413 g/mol. The highest BCUT2D eigenvalue weighted by molar-refractivity contribution is 6.60. The molecule has 1 N–H and O–H groups in total. The zero-order valence-electron chi connectivity index (χ0n) is 16.9. The lowest BCUT2D eigenvalue weighted by Gasteiger charge is -2.28. The van der Waals surface area contributed by atoms with Crippen molar-refractivity contribution in [2.24, 2.45) is 0 Å². The summed E-state index contributed by atoms with van der Waals surface area (Å²) in [6, 6.07) is 1.35. The van der Waals surface area contributed by atoms with E-state index in [1.54, 1.807) is 42.7 Å². The molecule has 26 heavy (non-hydrogen) atoms. The minimum atomic E-state index is -2.60. The lowest BCUT2D eigenvalue weighted by molar-refractivity contribution is -0.137. The van der Waals surface area contributed by atoms with Gasteiger partial charge in [-0.1, -0.05) is 0 Å². The third kappa shape index (κ3) is 9.01. The van der Waals surface area contributed by atoms with Gasteiger partial charge in [-0.2, -0.15) is 0 Å². The van der Waals surface area contributed by atoms with Crippen molar-refractivity contribution in [3.63, 3.8) is 0 Å². The summed E-state index contributed by atoms with van der Waals surface area (Å²) in [5.41, 5.74) is 0. The normalized spacial score (nSPS) is 12.7. The van der Waals surface area contributed by atoms with E-state index in [0.717, 1.165) is 25.9 Å². The van der Waals surface area contributed by atoms with Gasteiger partial charge in [0.2, 0.25) is 0 Å². The summed E-state index contributed by atoms with van der Waals surface area (Å²) in [6.07, 6.45) is 1.69. The summed E-state index contributed by atoms with van der Waals surface area (Å²) >= 11 is 0. The van der Waals surface area contributed by atoms with Crippen LogP contribution in [0.15, 0.2) is 0 Å². The molecule has 0 aromatic carbocycles. The Bertz CT molecular complexity index is 338. The molecular weight excluding hydrogens is 378 g/mol. The summed E-state index contributed by atoms with van der Waals surface area (Å²) in [5, 5.41) is 8.97. The average Bonchev–Trinajstić information content (AvgIpc) is 2.67. The van der Waals surface area contributed by atoms with Gasteiger partial charge in [0.05, 0.1) is 6.42 Å². The first kappa shape index (κ1) is 25.6. The van der Waals surface area contributed by atoms with Crippen LogP contribution in [0.3, 0.4) is 0 Å². The van der Waals surface area contributed by atoms with E-state index in [9.17, 15) is 4.79 Å². The van der Waals surface area contributed by atoms with Gasteiger partial charge in [0.1, 0.15) is 0 Å². The van der Waals surface area contributed by atoms with Crippen LogP contribution in [0.1, 0.15) is 19.3 Å². The minimum Gasteiger partial charge on any atom is -0.481 e. The molecule has 0 saturated heterocycles. The average molecular weight is 414 g/mol. The van der Waals surface area contributed by atoms with Crippen LogP contribution in [-0.2, 0) is 31.4 Å². The Morgan fingerprint density at radius 2 is 1.08 bits per heavy atom. The molecule has 0 amide bonds. The molecule has 11 heteroatoms. The van der Waals surface area contributed by atoms with E-state index >= 15 is 0 Å². The lowest BCUT2D eigenvalue weighted by atomic mass is 10.3. The second-order valence-corrected chi connectivity index (χ2v) is 12.0. The largest absolute Gasteiger partial charge is 0.500 e. The van der Waals surface area contributed by atoms with E-state index < -0.39 is 23.6 Å². The maximum absolute atomic E-state index is 10.9. The summed E-state index contributed by atoms with van der Waals surface area (Å²) in [5.74, 6) is -0.807. The molecule has 0 heterocycles. The van der Waals surface area contributed by atoms with Gasteiger partial charge >= 0.3 is 23.6 Å². The molecule has 0 atom stereocenters. The number of hydrogen-bond acceptors (Lipinski definition) is 8. The first-order chi connectivity index (χ1) is 12.4. The van der Waals surface area contributed by atoms with Crippen molar-refractivity contribution in [1.82, 2.24) is 4.90 Å². The Morgan fingerprint density at radius 3 is 1.35 bits per heavy atom. The second-order valence-electron chi connectivity index (χ2n) is 5.78. The van der Waals surface area contributed by atoms with Crippen LogP contribution in [0.25, 0.3) is 0 Å². The fraction of sp³-hybridized carbons (Fsp3) is 0.933. The van der Waals surface area contributed by atoms with Crippen molar-refractivity contribution in [3.05, 3.63) is 0 Å². The Labute approximate surface area is 159 Å².